The van der Waals surface area contributed by atoms with Crippen molar-refractivity contribution in [3.8, 4) is 5.75 Å². The molecule has 1 unspecified atom stereocenters. The highest BCUT2D eigenvalue weighted by Gasteiger charge is 2.34. The van der Waals surface area contributed by atoms with Gasteiger partial charge in [0, 0.05) is 51.1 Å². The third-order valence-electron chi connectivity index (χ3n) is 5.77. The van der Waals surface area contributed by atoms with Crippen LogP contribution in [0.4, 0.5) is 5.82 Å². The summed E-state index contributed by atoms with van der Waals surface area (Å²) in [5, 5.41) is 3.20. The van der Waals surface area contributed by atoms with Gasteiger partial charge in [0.25, 0.3) is 0 Å². The van der Waals surface area contributed by atoms with Crippen LogP contribution in [0.1, 0.15) is 29.4 Å². The Bertz CT molecular complexity index is 966. The number of likely N-dealkylation sites (N-methyl/N-ethyl adjacent to an activating group) is 1. The highest BCUT2D eigenvalue weighted by molar-refractivity contribution is 7.89. The van der Waals surface area contributed by atoms with Crippen LogP contribution in [0, 0.1) is 0 Å². The number of fused-ring (bicyclic) bond motifs is 1. The molecule has 2 aliphatic heterocycles. The average Bonchev–Trinajstić information content (AvgIpc) is 3.25. The first kappa shape index (κ1) is 21.0. The largest absolute Gasteiger partial charge is 0.492 e. The van der Waals surface area contributed by atoms with Gasteiger partial charge in [0.05, 0.1) is 11.4 Å². The lowest BCUT2D eigenvalue weighted by Gasteiger charge is -2.26. The van der Waals surface area contributed by atoms with Gasteiger partial charge in [-0.1, -0.05) is 18.2 Å². The molecule has 0 radical (unpaired) electrons. The summed E-state index contributed by atoms with van der Waals surface area (Å²) >= 11 is 0. The number of rotatable bonds is 7. The van der Waals surface area contributed by atoms with Gasteiger partial charge in [0.1, 0.15) is 24.0 Å². The van der Waals surface area contributed by atoms with Crippen molar-refractivity contribution < 1.29 is 13.2 Å². The van der Waals surface area contributed by atoms with Gasteiger partial charge in [-0.3, -0.25) is 0 Å². The van der Waals surface area contributed by atoms with E-state index in [1.807, 2.05) is 37.4 Å². The second-order valence-corrected chi connectivity index (χ2v) is 10.0. The van der Waals surface area contributed by atoms with Crippen molar-refractivity contribution in [2.24, 2.45) is 0 Å². The minimum absolute atomic E-state index is 0.0203. The van der Waals surface area contributed by atoms with Crippen molar-refractivity contribution in [2.75, 3.05) is 51.4 Å². The first-order valence-corrected chi connectivity index (χ1v) is 12.0. The molecule has 8 nitrogen and oxygen atoms in total. The van der Waals surface area contributed by atoms with E-state index in [-0.39, 0.29) is 18.3 Å². The van der Waals surface area contributed by atoms with Crippen LogP contribution in [0.3, 0.4) is 0 Å². The monoisotopic (exact) mass is 431 g/mol. The van der Waals surface area contributed by atoms with Crippen molar-refractivity contribution >= 4 is 15.8 Å². The molecule has 0 amide bonds. The topological polar surface area (TPSA) is 87.7 Å². The zero-order valence-electron chi connectivity index (χ0n) is 17.5. The third-order valence-corrected chi connectivity index (χ3v) is 7.57. The van der Waals surface area contributed by atoms with Crippen molar-refractivity contribution in [1.82, 2.24) is 19.2 Å². The molecule has 0 saturated carbocycles. The van der Waals surface area contributed by atoms with E-state index in [1.54, 1.807) is 4.31 Å². The fourth-order valence-corrected chi connectivity index (χ4v) is 5.40. The number of sulfonamides is 1. The van der Waals surface area contributed by atoms with Gasteiger partial charge in [-0.05, 0) is 25.6 Å². The van der Waals surface area contributed by atoms with Crippen LogP contribution in [-0.2, 0) is 23.0 Å². The van der Waals surface area contributed by atoms with Crippen LogP contribution in [0.25, 0.3) is 0 Å². The maximum absolute atomic E-state index is 12.8. The third kappa shape index (κ3) is 4.58. The van der Waals surface area contributed by atoms with Crippen LogP contribution in [0.15, 0.2) is 30.3 Å². The van der Waals surface area contributed by atoms with Gasteiger partial charge >= 0.3 is 0 Å². The van der Waals surface area contributed by atoms with Gasteiger partial charge in [-0.2, -0.15) is 0 Å². The quantitative estimate of drug-likeness (QED) is 0.714. The Morgan fingerprint density at radius 1 is 1.20 bits per heavy atom. The van der Waals surface area contributed by atoms with Crippen LogP contribution in [-0.4, -0.2) is 73.7 Å². The maximum atomic E-state index is 12.8. The Hall–Kier alpha value is -2.23. The Morgan fingerprint density at radius 3 is 2.77 bits per heavy atom. The fourth-order valence-electron chi connectivity index (χ4n) is 4.06. The van der Waals surface area contributed by atoms with Crippen LogP contribution < -0.4 is 10.1 Å². The van der Waals surface area contributed by atoms with E-state index in [0.717, 1.165) is 48.8 Å². The summed E-state index contributed by atoms with van der Waals surface area (Å²) in [5.74, 6) is 2.28. The molecule has 0 aliphatic carbocycles. The molecule has 2 aliphatic rings. The molecule has 1 aromatic heterocycles. The minimum Gasteiger partial charge on any atom is -0.492 e. The summed E-state index contributed by atoms with van der Waals surface area (Å²) in [5.41, 5.74) is 2.23. The smallest absolute Gasteiger partial charge is 0.217 e. The van der Waals surface area contributed by atoms with E-state index in [1.165, 1.54) is 0 Å². The standard InChI is InChI=1S/C21H29N5O3S/c1-22-21-18-15-25(2)10-9-19(18)23-20(24-21)16-8-11-26(14-16)30(27,28)13-12-29-17-6-4-3-5-7-17/h3-7,16H,8-15H2,1-2H3,(H,22,23,24). The fraction of sp³-hybridized carbons (Fsp3) is 0.524. The van der Waals surface area contributed by atoms with Gasteiger partial charge in [-0.25, -0.2) is 22.7 Å². The van der Waals surface area contributed by atoms with Crippen molar-refractivity contribution in [1.29, 1.82) is 0 Å². The minimum atomic E-state index is -3.38. The Labute approximate surface area is 178 Å². The highest BCUT2D eigenvalue weighted by atomic mass is 32.2. The zero-order valence-corrected chi connectivity index (χ0v) is 18.4. The number of ether oxygens (including phenoxy) is 1. The summed E-state index contributed by atoms with van der Waals surface area (Å²) in [7, 11) is 0.588. The molecule has 162 valence electrons. The molecule has 0 bridgehead atoms. The molecule has 4 rings (SSSR count). The molecule has 1 fully saturated rings. The van der Waals surface area contributed by atoms with Gasteiger partial charge in [-0.15, -0.1) is 0 Å². The predicted molar refractivity (Wildman–Crippen MR) is 116 cm³/mol. The van der Waals surface area contributed by atoms with Crippen molar-refractivity contribution in [3.63, 3.8) is 0 Å². The molecule has 2 aromatic rings. The number of nitrogens with zero attached hydrogens (tertiary/aromatic N) is 4. The van der Waals surface area contributed by atoms with Crippen LogP contribution >= 0.6 is 0 Å². The zero-order chi connectivity index (χ0) is 21.1. The number of aromatic nitrogens is 2. The predicted octanol–water partition coefficient (Wildman–Crippen LogP) is 1.70. The first-order valence-electron chi connectivity index (χ1n) is 10.4. The molecule has 3 heterocycles. The second kappa shape index (κ2) is 8.87. The number of anilines is 1. The second-order valence-electron chi connectivity index (χ2n) is 7.91. The van der Waals surface area contributed by atoms with Gasteiger partial charge < -0.3 is 15.0 Å². The molecule has 9 heteroatoms. The van der Waals surface area contributed by atoms with E-state index in [2.05, 4.69) is 17.3 Å². The number of para-hydroxylation sites is 1. The molecular formula is C21H29N5O3S. The molecule has 1 N–H and O–H groups in total. The summed E-state index contributed by atoms with van der Waals surface area (Å²) in [6.45, 7) is 2.86. The summed E-state index contributed by atoms with van der Waals surface area (Å²) < 4.78 is 32.7. The molecule has 0 spiro atoms. The lowest BCUT2D eigenvalue weighted by molar-refractivity contribution is 0.309. The molecule has 1 aromatic carbocycles. The van der Waals surface area contributed by atoms with Gasteiger partial charge in [0.15, 0.2) is 0 Å². The van der Waals surface area contributed by atoms with E-state index in [0.29, 0.717) is 18.8 Å². The van der Waals surface area contributed by atoms with Gasteiger partial charge in [0.2, 0.25) is 10.0 Å². The molecule has 30 heavy (non-hydrogen) atoms. The van der Waals surface area contributed by atoms with E-state index in [4.69, 9.17) is 14.7 Å². The molecular weight excluding hydrogens is 402 g/mol. The highest BCUT2D eigenvalue weighted by Crippen LogP contribution is 2.30. The van der Waals surface area contributed by atoms with Crippen LogP contribution in [0.5, 0.6) is 5.75 Å². The van der Waals surface area contributed by atoms with Crippen LogP contribution in [0.2, 0.25) is 0 Å². The SMILES string of the molecule is CNc1nc(C2CCN(S(=O)(=O)CCOc3ccccc3)C2)nc2c1CN(C)CC2. The summed E-state index contributed by atoms with van der Waals surface area (Å²) in [6, 6.07) is 9.27. The Kier molecular flexibility index (Phi) is 6.21. The normalized spacial score (nSPS) is 20.1. The van der Waals surface area contributed by atoms with E-state index >= 15 is 0 Å². The lowest BCUT2D eigenvalue weighted by Crippen LogP contribution is -2.33. The summed E-state index contributed by atoms with van der Waals surface area (Å²) in [4.78, 5) is 11.8. The Morgan fingerprint density at radius 2 is 2.00 bits per heavy atom. The van der Waals surface area contributed by atoms with Crippen molar-refractivity contribution in [3.05, 3.63) is 47.4 Å². The number of nitrogens with one attached hydrogen (secondary N) is 1. The number of benzene rings is 1. The number of hydrogen-bond donors (Lipinski definition) is 1. The molecule has 1 atom stereocenters. The summed E-state index contributed by atoms with van der Waals surface area (Å²) in [6.07, 6.45) is 1.63. The molecule has 1 saturated heterocycles. The van der Waals surface area contributed by atoms with E-state index in [9.17, 15) is 8.42 Å². The number of hydrogen-bond acceptors (Lipinski definition) is 7. The maximum Gasteiger partial charge on any atom is 0.217 e. The average molecular weight is 432 g/mol. The van der Waals surface area contributed by atoms with E-state index < -0.39 is 10.0 Å². The van der Waals surface area contributed by atoms with Crippen molar-refractivity contribution in [2.45, 2.75) is 25.3 Å². The lowest BCUT2D eigenvalue weighted by atomic mass is 10.0. The first-order chi connectivity index (χ1) is 14.5. The Balaban J connectivity index is 1.41.